The molecule has 0 bridgehead atoms. The molecule has 0 aromatic carbocycles. The minimum Gasteiger partial charge on any atom is -0.383 e. The smallest absolute Gasteiger partial charge is 0.225 e. The second kappa shape index (κ2) is 7.36. The first-order valence-corrected chi connectivity index (χ1v) is 7.61. The number of methoxy groups -OCH3 is 1. The van der Waals surface area contributed by atoms with Gasteiger partial charge >= 0.3 is 0 Å². The zero-order valence-electron chi connectivity index (χ0n) is 14.1. The van der Waals surface area contributed by atoms with Crippen molar-refractivity contribution in [3.05, 3.63) is 12.5 Å². The summed E-state index contributed by atoms with van der Waals surface area (Å²) in [6.45, 7) is 7.97. The van der Waals surface area contributed by atoms with E-state index < -0.39 is 5.41 Å². The van der Waals surface area contributed by atoms with Crippen LogP contribution in [0.5, 0.6) is 0 Å². The summed E-state index contributed by atoms with van der Waals surface area (Å²) in [6.07, 6.45) is 3.24. The maximum atomic E-state index is 11.9. The first kappa shape index (κ1) is 17.1. The van der Waals surface area contributed by atoms with Gasteiger partial charge in [-0.25, -0.2) is 14.6 Å². The van der Waals surface area contributed by atoms with Gasteiger partial charge in [0.1, 0.15) is 12.1 Å². The average Bonchev–Trinajstić information content (AvgIpc) is 2.91. The van der Waals surface area contributed by atoms with Crippen molar-refractivity contribution in [3.63, 3.8) is 0 Å². The van der Waals surface area contributed by atoms with Crippen molar-refractivity contribution in [3.8, 4) is 0 Å². The number of aromatic nitrogens is 4. The lowest BCUT2D eigenvalue weighted by atomic mass is 9.96. The van der Waals surface area contributed by atoms with Gasteiger partial charge in [-0.2, -0.15) is 5.10 Å². The largest absolute Gasteiger partial charge is 0.383 e. The Balaban J connectivity index is 2.02. The predicted molar refractivity (Wildman–Crippen MR) is 88.2 cm³/mol. The van der Waals surface area contributed by atoms with Crippen LogP contribution in [-0.4, -0.2) is 52.5 Å². The van der Waals surface area contributed by atoms with E-state index in [9.17, 15) is 4.79 Å². The van der Waals surface area contributed by atoms with Crippen molar-refractivity contribution in [1.82, 2.24) is 25.1 Å². The number of carbonyl (C=O) groups excluding carboxylic acids is 1. The molecule has 0 aliphatic rings. The fourth-order valence-electron chi connectivity index (χ4n) is 2.01. The van der Waals surface area contributed by atoms with Crippen LogP contribution in [0.3, 0.4) is 0 Å². The molecule has 2 heterocycles. The Morgan fingerprint density at radius 1 is 1.30 bits per heavy atom. The van der Waals surface area contributed by atoms with Crippen molar-refractivity contribution in [1.29, 1.82) is 0 Å². The van der Waals surface area contributed by atoms with Gasteiger partial charge in [0.25, 0.3) is 0 Å². The lowest BCUT2D eigenvalue weighted by molar-refractivity contribution is -0.128. The molecule has 0 aliphatic carbocycles. The SMILES string of the molecule is COCCNc1ncnc2c1cnn2CCNC(=O)C(C)(C)C. The van der Waals surface area contributed by atoms with Gasteiger partial charge in [-0.3, -0.25) is 4.79 Å². The topological polar surface area (TPSA) is 94.0 Å². The van der Waals surface area contributed by atoms with E-state index in [1.54, 1.807) is 18.0 Å². The Bertz CT molecular complexity index is 662. The van der Waals surface area contributed by atoms with Crippen LogP contribution in [0, 0.1) is 5.41 Å². The highest BCUT2D eigenvalue weighted by Gasteiger charge is 2.20. The molecule has 0 aliphatic heterocycles. The molecule has 23 heavy (non-hydrogen) atoms. The normalized spacial score (nSPS) is 11.7. The molecular formula is C15H24N6O2. The van der Waals surface area contributed by atoms with Crippen LogP contribution in [0.25, 0.3) is 11.0 Å². The van der Waals surface area contributed by atoms with E-state index in [-0.39, 0.29) is 5.91 Å². The molecule has 2 aromatic rings. The molecule has 0 unspecified atom stereocenters. The number of fused-ring (bicyclic) bond motifs is 1. The van der Waals surface area contributed by atoms with E-state index in [2.05, 4.69) is 25.7 Å². The van der Waals surface area contributed by atoms with Gasteiger partial charge in [0, 0.05) is 25.6 Å². The Morgan fingerprint density at radius 2 is 2.09 bits per heavy atom. The third-order valence-electron chi connectivity index (χ3n) is 3.32. The fraction of sp³-hybridized carbons (Fsp3) is 0.600. The van der Waals surface area contributed by atoms with E-state index in [0.29, 0.717) is 26.2 Å². The maximum absolute atomic E-state index is 11.9. The van der Waals surface area contributed by atoms with E-state index in [1.165, 1.54) is 6.33 Å². The second-order valence-corrected chi connectivity index (χ2v) is 6.25. The first-order chi connectivity index (χ1) is 10.9. The number of amides is 1. The van der Waals surface area contributed by atoms with Crippen LogP contribution in [0.2, 0.25) is 0 Å². The molecule has 0 fully saturated rings. The summed E-state index contributed by atoms with van der Waals surface area (Å²) in [6, 6.07) is 0. The summed E-state index contributed by atoms with van der Waals surface area (Å²) in [5, 5.41) is 11.3. The summed E-state index contributed by atoms with van der Waals surface area (Å²) in [7, 11) is 1.65. The molecule has 0 saturated carbocycles. The quantitative estimate of drug-likeness (QED) is 0.741. The van der Waals surface area contributed by atoms with Crippen LogP contribution >= 0.6 is 0 Å². The van der Waals surface area contributed by atoms with Gasteiger partial charge in [-0.1, -0.05) is 20.8 Å². The van der Waals surface area contributed by atoms with Gasteiger partial charge in [0.15, 0.2) is 5.65 Å². The zero-order valence-corrected chi connectivity index (χ0v) is 14.1. The average molecular weight is 320 g/mol. The predicted octanol–water partition coefficient (Wildman–Crippen LogP) is 1.05. The van der Waals surface area contributed by atoms with Crippen LogP contribution in [-0.2, 0) is 16.1 Å². The fourth-order valence-corrected chi connectivity index (χ4v) is 2.01. The molecule has 8 heteroatoms. The number of nitrogens with zero attached hydrogens (tertiary/aromatic N) is 4. The number of nitrogens with one attached hydrogen (secondary N) is 2. The molecule has 126 valence electrons. The van der Waals surface area contributed by atoms with Gasteiger partial charge in [-0.05, 0) is 0 Å². The molecule has 0 saturated heterocycles. The van der Waals surface area contributed by atoms with E-state index in [1.807, 2.05) is 20.8 Å². The molecule has 0 spiro atoms. The third kappa shape index (κ3) is 4.38. The summed E-state index contributed by atoms with van der Waals surface area (Å²) in [5.74, 6) is 0.752. The third-order valence-corrected chi connectivity index (χ3v) is 3.32. The van der Waals surface area contributed by atoms with E-state index in [4.69, 9.17) is 4.74 Å². The molecule has 8 nitrogen and oxygen atoms in total. The van der Waals surface area contributed by atoms with Crippen molar-refractivity contribution < 1.29 is 9.53 Å². The Kier molecular flexibility index (Phi) is 5.49. The lowest BCUT2D eigenvalue weighted by Gasteiger charge is -2.17. The summed E-state index contributed by atoms with van der Waals surface area (Å²) in [5.41, 5.74) is 0.345. The minimum atomic E-state index is -0.396. The molecule has 2 N–H and O–H groups in total. The monoisotopic (exact) mass is 320 g/mol. The summed E-state index contributed by atoms with van der Waals surface area (Å²) in [4.78, 5) is 20.4. The molecule has 2 aromatic heterocycles. The summed E-state index contributed by atoms with van der Waals surface area (Å²) < 4.78 is 6.78. The maximum Gasteiger partial charge on any atom is 0.225 e. The molecule has 0 atom stereocenters. The van der Waals surface area contributed by atoms with E-state index in [0.717, 1.165) is 16.9 Å². The van der Waals surface area contributed by atoms with Crippen LogP contribution in [0.1, 0.15) is 20.8 Å². The Hall–Kier alpha value is -2.22. The molecule has 2 rings (SSSR count). The van der Waals surface area contributed by atoms with Crippen molar-refractivity contribution >= 4 is 22.8 Å². The van der Waals surface area contributed by atoms with Gasteiger partial charge in [0.2, 0.25) is 5.91 Å². The summed E-state index contributed by atoms with van der Waals surface area (Å²) >= 11 is 0. The Labute approximate surface area is 135 Å². The standard InChI is InChI=1S/C15H24N6O2/c1-15(2,3)14(22)17-5-7-21-13-11(9-20-21)12(18-10-19-13)16-6-8-23-4/h9-10H,5-8H2,1-4H3,(H,17,22)(H,16,18,19). The second-order valence-electron chi connectivity index (χ2n) is 6.25. The number of ether oxygens (including phenoxy) is 1. The highest BCUT2D eigenvalue weighted by atomic mass is 16.5. The number of hydrogen-bond acceptors (Lipinski definition) is 6. The molecule has 0 radical (unpaired) electrons. The van der Waals surface area contributed by atoms with Crippen molar-refractivity contribution in [2.75, 3.05) is 32.1 Å². The highest BCUT2D eigenvalue weighted by molar-refractivity contribution is 5.86. The first-order valence-electron chi connectivity index (χ1n) is 7.61. The molecular weight excluding hydrogens is 296 g/mol. The minimum absolute atomic E-state index is 0.0190. The number of hydrogen-bond donors (Lipinski definition) is 2. The van der Waals surface area contributed by atoms with Crippen LogP contribution < -0.4 is 10.6 Å². The zero-order chi connectivity index (χ0) is 16.9. The number of carbonyl (C=O) groups is 1. The van der Waals surface area contributed by atoms with Crippen LogP contribution in [0.15, 0.2) is 12.5 Å². The van der Waals surface area contributed by atoms with Gasteiger partial charge in [-0.15, -0.1) is 0 Å². The van der Waals surface area contributed by atoms with Crippen molar-refractivity contribution in [2.24, 2.45) is 5.41 Å². The van der Waals surface area contributed by atoms with Gasteiger partial charge < -0.3 is 15.4 Å². The number of rotatable bonds is 7. The van der Waals surface area contributed by atoms with E-state index >= 15 is 0 Å². The highest BCUT2D eigenvalue weighted by Crippen LogP contribution is 2.18. The van der Waals surface area contributed by atoms with Gasteiger partial charge in [0.05, 0.1) is 24.7 Å². The lowest BCUT2D eigenvalue weighted by Crippen LogP contribution is -2.36. The van der Waals surface area contributed by atoms with Crippen molar-refractivity contribution in [2.45, 2.75) is 27.3 Å². The van der Waals surface area contributed by atoms with Crippen LogP contribution in [0.4, 0.5) is 5.82 Å². The Morgan fingerprint density at radius 3 is 2.78 bits per heavy atom. The number of anilines is 1. The molecule has 1 amide bonds.